The molecule has 0 unspecified atom stereocenters. The molecule has 4 aromatic rings. The summed E-state index contributed by atoms with van der Waals surface area (Å²) in [7, 11) is 0. The molecule has 12 nitrogen and oxygen atoms in total. The summed E-state index contributed by atoms with van der Waals surface area (Å²) in [6.07, 6.45) is 1.43. The highest BCUT2D eigenvalue weighted by atomic mass is 16.8. The van der Waals surface area contributed by atoms with Crippen LogP contribution in [0.25, 0.3) is 0 Å². The van der Waals surface area contributed by atoms with Gasteiger partial charge < -0.3 is 29.6 Å². The van der Waals surface area contributed by atoms with Gasteiger partial charge in [0, 0.05) is 11.4 Å². The largest absolute Gasteiger partial charge is 0.458 e. The van der Waals surface area contributed by atoms with E-state index in [-0.39, 0.29) is 0 Å². The van der Waals surface area contributed by atoms with Gasteiger partial charge in [-0.3, -0.25) is 0 Å². The van der Waals surface area contributed by atoms with Gasteiger partial charge in [0.15, 0.2) is 0 Å². The van der Waals surface area contributed by atoms with Gasteiger partial charge in [-0.25, -0.2) is 20.4 Å². The molecule has 0 aliphatic carbocycles. The molecular formula is C32H30N6O6. The normalized spacial score (nSPS) is 16.3. The SMILES string of the molecule is O=C(N/N=C\c1ccc(O[C@H]2OCCO[C@@H]2Oc2ccc(/C=N/NC(=O)Nc3ccccc3)cc2)cc1)Nc1ccccc1. The van der Waals surface area contributed by atoms with Gasteiger partial charge >= 0.3 is 12.1 Å². The van der Waals surface area contributed by atoms with E-state index in [1.807, 2.05) is 36.4 Å². The molecule has 224 valence electrons. The Morgan fingerprint density at radius 3 is 1.36 bits per heavy atom. The molecule has 44 heavy (non-hydrogen) atoms. The van der Waals surface area contributed by atoms with E-state index >= 15 is 0 Å². The second kappa shape index (κ2) is 15.5. The molecule has 1 heterocycles. The van der Waals surface area contributed by atoms with Gasteiger partial charge in [0.25, 0.3) is 12.6 Å². The summed E-state index contributed by atoms with van der Waals surface area (Å²) in [4.78, 5) is 23.9. The van der Waals surface area contributed by atoms with Crippen LogP contribution in [0.4, 0.5) is 21.0 Å². The van der Waals surface area contributed by atoms with Crippen LogP contribution in [0.5, 0.6) is 11.5 Å². The number of anilines is 2. The van der Waals surface area contributed by atoms with Crippen molar-refractivity contribution in [1.82, 2.24) is 10.9 Å². The minimum atomic E-state index is -0.805. The summed E-state index contributed by atoms with van der Waals surface area (Å²) in [6.45, 7) is 0.707. The van der Waals surface area contributed by atoms with Gasteiger partial charge in [0.05, 0.1) is 25.6 Å². The van der Waals surface area contributed by atoms with E-state index in [0.717, 1.165) is 11.1 Å². The van der Waals surface area contributed by atoms with Crippen LogP contribution >= 0.6 is 0 Å². The highest BCUT2D eigenvalue weighted by Gasteiger charge is 2.31. The summed E-state index contributed by atoms with van der Waals surface area (Å²) >= 11 is 0. The van der Waals surface area contributed by atoms with Gasteiger partial charge in [0.1, 0.15) is 11.5 Å². The van der Waals surface area contributed by atoms with Crippen molar-refractivity contribution in [2.75, 3.05) is 23.8 Å². The van der Waals surface area contributed by atoms with Crippen molar-refractivity contribution in [2.24, 2.45) is 10.2 Å². The van der Waals surface area contributed by atoms with Gasteiger partial charge in [-0.15, -0.1) is 0 Å². The summed E-state index contributed by atoms with van der Waals surface area (Å²) in [6, 6.07) is 31.4. The molecule has 4 aromatic carbocycles. The maximum absolute atomic E-state index is 12.0. The summed E-state index contributed by atoms with van der Waals surface area (Å²) in [5, 5.41) is 13.3. The highest BCUT2D eigenvalue weighted by molar-refractivity contribution is 5.91. The van der Waals surface area contributed by atoms with Crippen LogP contribution in [-0.4, -0.2) is 50.3 Å². The van der Waals surface area contributed by atoms with Crippen molar-refractivity contribution in [2.45, 2.75) is 12.6 Å². The average molecular weight is 595 g/mol. The first-order valence-corrected chi connectivity index (χ1v) is 13.7. The molecule has 0 radical (unpaired) electrons. The van der Waals surface area contributed by atoms with E-state index in [9.17, 15) is 9.59 Å². The maximum Gasteiger partial charge on any atom is 0.339 e. The number of carbonyl (C=O) groups excluding carboxylic acids is 2. The number of hydrogen-bond acceptors (Lipinski definition) is 8. The van der Waals surface area contributed by atoms with Crippen molar-refractivity contribution in [3.8, 4) is 11.5 Å². The number of hydrogen-bond donors (Lipinski definition) is 4. The summed E-state index contributed by atoms with van der Waals surface area (Å²) in [5.41, 5.74) is 7.68. The molecule has 0 spiro atoms. The van der Waals surface area contributed by atoms with Gasteiger partial charge in [-0.05, 0) is 83.9 Å². The smallest absolute Gasteiger partial charge is 0.339 e. The number of nitrogens with one attached hydrogen (secondary N) is 4. The Morgan fingerprint density at radius 1 is 0.591 bits per heavy atom. The van der Waals surface area contributed by atoms with Crippen molar-refractivity contribution in [3.63, 3.8) is 0 Å². The number of rotatable bonds is 10. The van der Waals surface area contributed by atoms with Crippen molar-refractivity contribution < 1.29 is 28.5 Å². The number of hydrazone groups is 2. The standard InChI is InChI=1S/C32H30N6O6/c39-31(35-25-7-3-1-4-8-25)37-33-21-23-11-15-27(16-12-23)43-29-30(42-20-19-41-29)44-28-17-13-24(14-18-28)22-34-38-32(40)36-26-9-5-2-6-10-26/h1-18,21-22,29-30H,19-20H2,(H2,35,37,39)(H2,36,38,40)/b33-21-,34-22+/t29-,30-/m1/s1. The first-order valence-electron chi connectivity index (χ1n) is 13.7. The predicted octanol–water partition coefficient (Wildman–Crippen LogP) is 5.15. The Kier molecular flexibility index (Phi) is 10.5. The Balaban J connectivity index is 1.08. The summed E-state index contributed by atoms with van der Waals surface area (Å²) < 4.78 is 23.5. The highest BCUT2D eigenvalue weighted by Crippen LogP contribution is 2.22. The molecule has 0 saturated carbocycles. The van der Waals surface area contributed by atoms with Crippen LogP contribution in [0.2, 0.25) is 0 Å². The van der Waals surface area contributed by atoms with Crippen LogP contribution in [0.15, 0.2) is 119 Å². The lowest BCUT2D eigenvalue weighted by Gasteiger charge is -2.31. The van der Waals surface area contributed by atoms with E-state index < -0.39 is 24.6 Å². The van der Waals surface area contributed by atoms with Gasteiger partial charge in [-0.2, -0.15) is 10.2 Å². The first kappa shape index (κ1) is 29.8. The van der Waals surface area contributed by atoms with Crippen LogP contribution < -0.4 is 31.0 Å². The molecule has 1 saturated heterocycles. The summed E-state index contributed by atoms with van der Waals surface area (Å²) in [5.74, 6) is 1.08. The van der Waals surface area contributed by atoms with E-state index in [1.54, 1.807) is 72.8 Å². The second-order valence-corrected chi connectivity index (χ2v) is 9.23. The number of urea groups is 2. The number of amides is 4. The fraction of sp³-hybridized carbons (Fsp3) is 0.125. The van der Waals surface area contributed by atoms with Crippen LogP contribution in [-0.2, 0) is 9.47 Å². The Morgan fingerprint density at radius 2 is 0.977 bits per heavy atom. The van der Waals surface area contributed by atoms with E-state index in [0.29, 0.717) is 36.1 Å². The number of ether oxygens (including phenoxy) is 4. The zero-order chi connectivity index (χ0) is 30.4. The number of para-hydroxylation sites is 2. The number of nitrogens with zero attached hydrogens (tertiary/aromatic N) is 2. The number of benzene rings is 4. The molecule has 2 atom stereocenters. The molecule has 1 aliphatic rings. The van der Waals surface area contributed by atoms with Crippen LogP contribution in [0.1, 0.15) is 11.1 Å². The van der Waals surface area contributed by atoms with Gasteiger partial charge in [0.2, 0.25) is 0 Å². The topological polar surface area (TPSA) is 144 Å². The Bertz CT molecular complexity index is 1430. The molecule has 4 amide bonds. The third kappa shape index (κ3) is 9.41. The molecule has 1 aliphatic heterocycles. The minimum Gasteiger partial charge on any atom is -0.458 e. The third-order valence-electron chi connectivity index (χ3n) is 5.96. The van der Waals surface area contributed by atoms with E-state index in [4.69, 9.17) is 18.9 Å². The third-order valence-corrected chi connectivity index (χ3v) is 5.96. The molecule has 5 rings (SSSR count). The van der Waals surface area contributed by atoms with Crippen molar-refractivity contribution in [1.29, 1.82) is 0 Å². The fourth-order valence-electron chi connectivity index (χ4n) is 3.89. The fourth-order valence-corrected chi connectivity index (χ4v) is 3.89. The lowest BCUT2D eigenvalue weighted by Crippen LogP contribution is -2.45. The monoisotopic (exact) mass is 594 g/mol. The van der Waals surface area contributed by atoms with Crippen molar-refractivity contribution in [3.05, 3.63) is 120 Å². The predicted molar refractivity (Wildman–Crippen MR) is 166 cm³/mol. The molecule has 0 bridgehead atoms. The molecular weight excluding hydrogens is 564 g/mol. The van der Waals surface area contributed by atoms with Crippen molar-refractivity contribution >= 4 is 35.9 Å². The molecule has 0 aromatic heterocycles. The van der Waals surface area contributed by atoms with E-state index in [1.165, 1.54) is 12.4 Å². The maximum atomic E-state index is 12.0. The van der Waals surface area contributed by atoms with E-state index in [2.05, 4.69) is 31.7 Å². The zero-order valence-corrected chi connectivity index (χ0v) is 23.5. The van der Waals surface area contributed by atoms with Gasteiger partial charge in [-0.1, -0.05) is 36.4 Å². The van der Waals surface area contributed by atoms with Crippen LogP contribution in [0.3, 0.4) is 0 Å². The second-order valence-electron chi connectivity index (χ2n) is 9.23. The Hall–Kier alpha value is -5.72. The first-order chi connectivity index (χ1) is 21.6. The molecule has 4 N–H and O–H groups in total. The quantitative estimate of drug-likeness (QED) is 0.148. The lowest BCUT2D eigenvalue weighted by atomic mass is 10.2. The number of carbonyl (C=O) groups is 2. The zero-order valence-electron chi connectivity index (χ0n) is 23.5. The average Bonchev–Trinajstić information content (AvgIpc) is 3.04. The Labute approximate surface area is 253 Å². The molecule has 12 heteroatoms. The lowest BCUT2D eigenvalue weighted by molar-refractivity contribution is -0.271. The van der Waals surface area contributed by atoms with Crippen LogP contribution in [0, 0.1) is 0 Å². The molecule has 1 fully saturated rings. The minimum absolute atomic E-state index is 0.353.